The predicted octanol–water partition coefficient (Wildman–Crippen LogP) is 8.22. The summed E-state index contributed by atoms with van der Waals surface area (Å²) < 4.78 is 52.5. The van der Waals surface area contributed by atoms with Gasteiger partial charge >= 0.3 is 6.18 Å². The van der Waals surface area contributed by atoms with Crippen molar-refractivity contribution in [1.29, 1.82) is 0 Å². The molecule has 1 fully saturated rings. The molecule has 0 bridgehead atoms. The predicted molar refractivity (Wildman–Crippen MR) is 178 cm³/mol. The van der Waals surface area contributed by atoms with Gasteiger partial charge in [-0.05, 0) is 84.4 Å². The van der Waals surface area contributed by atoms with Gasteiger partial charge in [0.2, 0.25) is 5.91 Å². The quantitative estimate of drug-likeness (QED) is 0.185. The van der Waals surface area contributed by atoms with Crippen molar-refractivity contribution in [1.82, 2.24) is 14.7 Å². The van der Waals surface area contributed by atoms with Gasteiger partial charge in [-0.15, -0.1) is 0 Å². The minimum Gasteiger partial charge on any atom is -0.336 e. The highest BCUT2D eigenvalue weighted by atomic mass is 32.2. The van der Waals surface area contributed by atoms with Gasteiger partial charge in [0.15, 0.2) is 5.17 Å². The Kier molecular flexibility index (Phi) is 11.2. The fraction of sp³-hybridized carbons (Fsp3) is 0.389. The summed E-state index contributed by atoms with van der Waals surface area (Å²) in [5, 5.41) is 0.804. The summed E-state index contributed by atoms with van der Waals surface area (Å²) in [6.07, 6.45) is 0.596. The van der Waals surface area contributed by atoms with Crippen LogP contribution in [0.1, 0.15) is 49.8 Å². The van der Waals surface area contributed by atoms with Crippen LogP contribution in [0.5, 0.6) is 0 Å². The van der Waals surface area contributed by atoms with Crippen LogP contribution in [0.15, 0.2) is 89.6 Å². The van der Waals surface area contributed by atoms with Crippen LogP contribution in [-0.4, -0.2) is 64.5 Å². The van der Waals surface area contributed by atoms with Crippen LogP contribution in [-0.2, 0) is 23.3 Å². The highest BCUT2D eigenvalue weighted by molar-refractivity contribution is 8.13. The number of aliphatic imine (C=N–C) groups is 1. The van der Waals surface area contributed by atoms with Crippen molar-refractivity contribution in [2.24, 2.45) is 4.99 Å². The molecule has 244 valence electrons. The van der Waals surface area contributed by atoms with Crippen molar-refractivity contribution in [2.45, 2.75) is 57.6 Å². The van der Waals surface area contributed by atoms with Gasteiger partial charge < -0.3 is 14.7 Å². The molecule has 0 aromatic heterocycles. The Hall–Kier alpha value is -3.63. The number of thioether (sulfide) groups is 1. The second kappa shape index (κ2) is 15.3. The normalized spacial score (nSPS) is 16.3. The first-order chi connectivity index (χ1) is 22.1. The Morgan fingerprint density at radius 1 is 0.913 bits per heavy atom. The summed E-state index contributed by atoms with van der Waals surface area (Å²) in [5.74, 6) is 0.368. The molecule has 5 rings (SSSR count). The van der Waals surface area contributed by atoms with E-state index in [2.05, 4.69) is 23.6 Å². The van der Waals surface area contributed by atoms with Crippen molar-refractivity contribution < 1.29 is 22.4 Å². The monoisotopic (exact) mass is 652 g/mol. The lowest BCUT2D eigenvalue weighted by Gasteiger charge is -2.36. The van der Waals surface area contributed by atoms with E-state index in [1.165, 1.54) is 29.8 Å². The average Bonchev–Trinajstić information content (AvgIpc) is 3.54. The number of rotatable bonds is 12. The van der Waals surface area contributed by atoms with Crippen LogP contribution in [0.25, 0.3) is 11.1 Å². The van der Waals surface area contributed by atoms with Gasteiger partial charge in [-0.3, -0.25) is 4.79 Å². The van der Waals surface area contributed by atoms with Crippen LogP contribution >= 0.6 is 11.8 Å². The van der Waals surface area contributed by atoms with Crippen LogP contribution in [0.4, 0.5) is 17.6 Å². The highest BCUT2D eigenvalue weighted by Crippen LogP contribution is 2.35. The summed E-state index contributed by atoms with van der Waals surface area (Å²) in [6, 6.07) is 19.4. The van der Waals surface area contributed by atoms with E-state index in [1.807, 2.05) is 35.4 Å². The molecule has 2 aliphatic rings. The molecule has 0 saturated heterocycles. The SMILES string of the molecule is CCN(CC)CCN(Cc1ccc(-c2ccc(C(F)(F)F)cc2)cc1)C(=O)CN1C(SCc2ccc(F)cc2)=NC=C2CCCC21. The molecule has 3 aromatic rings. The van der Waals surface area contributed by atoms with Crippen molar-refractivity contribution in [3.05, 3.63) is 107 Å². The number of hydrogen-bond acceptors (Lipinski definition) is 5. The second-order valence-electron chi connectivity index (χ2n) is 11.7. The number of amides is 1. The summed E-state index contributed by atoms with van der Waals surface area (Å²) >= 11 is 1.57. The lowest BCUT2D eigenvalue weighted by Crippen LogP contribution is -2.48. The van der Waals surface area contributed by atoms with E-state index < -0.39 is 11.7 Å². The Labute approximate surface area is 273 Å². The van der Waals surface area contributed by atoms with E-state index in [9.17, 15) is 22.4 Å². The van der Waals surface area contributed by atoms with E-state index in [0.29, 0.717) is 24.4 Å². The summed E-state index contributed by atoms with van der Waals surface area (Å²) in [5.41, 5.74) is 4.03. The third-order valence-corrected chi connectivity index (χ3v) is 9.80. The zero-order valence-corrected chi connectivity index (χ0v) is 27.1. The van der Waals surface area contributed by atoms with Crippen LogP contribution in [0.3, 0.4) is 0 Å². The molecule has 1 unspecified atom stereocenters. The van der Waals surface area contributed by atoms with Gasteiger partial charge in [0.05, 0.1) is 18.2 Å². The van der Waals surface area contributed by atoms with Gasteiger partial charge in [-0.1, -0.05) is 74.1 Å². The molecule has 1 amide bonds. The molecule has 0 spiro atoms. The number of alkyl halides is 3. The zero-order valence-electron chi connectivity index (χ0n) is 26.3. The molecule has 1 aliphatic heterocycles. The number of likely N-dealkylation sites (N-methyl/N-ethyl adjacent to an activating group) is 1. The summed E-state index contributed by atoms with van der Waals surface area (Å²) in [6.45, 7) is 7.94. The first-order valence-electron chi connectivity index (χ1n) is 15.8. The number of fused-ring (bicyclic) bond motifs is 1. The zero-order chi connectivity index (χ0) is 32.7. The van der Waals surface area contributed by atoms with Crippen LogP contribution in [0.2, 0.25) is 0 Å². The minimum atomic E-state index is -4.37. The number of amidine groups is 1. The van der Waals surface area contributed by atoms with Crippen molar-refractivity contribution in [3.63, 3.8) is 0 Å². The fourth-order valence-electron chi connectivity index (χ4n) is 5.94. The molecule has 1 atom stereocenters. The Morgan fingerprint density at radius 3 is 2.17 bits per heavy atom. The average molecular weight is 653 g/mol. The Balaban J connectivity index is 1.31. The molecule has 46 heavy (non-hydrogen) atoms. The molecule has 10 heteroatoms. The van der Waals surface area contributed by atoms with Gasteiger partial charge in [0.25, 0.3) is 0 Å². The highest BCUT2D eigenvalue weighted by Gasteiger charge is 2.34. The number of nitrogens with zero attached hydrogens (tertiary/aromatic N) is 4. The number of benzene rings is 3. The Morgan fingerprint density at radius 2 is 1.54 bits per heavy atom. The third kappa shape index (κ3) is 8.59. The standard InChI is InChI=1S/C36H40F4N4OS/c1-3-42(4-2)20-21-43(23-26-8-12-28(13-9-26)29-14-16-31(17-15-29)36(38,39)40)34(45)24-44-33-7-5-6-30(33)22-41-35(44)46-25-27-10-18-32(37)19-11-27/h8-19,22,33H,3-7,20-21,23-25H2,1-2H3. The van der Waals surface area contributed by atoms with Gasteiger partial charge in [-0.25, -0.2) is 9.38 Å². The minimum absolute atomic E-state index is 0.0159. The molecule has 1 heterocycles. The maximum atomic E-state index is 14.1. The first-order valence-corrected chi connectivity index (χ1v) is 16.8. The topological polar surface area (TPSA) is 39.1 Å². The van der Waals surface area contributed by atoms with E-state index in [4.69, 9.17) is 4.99 Å². The van der Waals surface area contributed by atoms with E-state index in [1.54, 1.807) is 23.9 Å². The summed E-state index contributed by atoms with van der Waals surface area (Å²) in [7, 11) is 0. The van der Waals surface area contributed by atoms with E-state index in [-0.39, 0.29) is 24.3 Å². The third-order valence-electron chi connectivity index (χ3n) is 8.73. The molecular formula is C36H40F4N4OS. The number of hydrogen-bond donors (Lipinski definition) is 0. The maximum Gasteiger partial charge on any atom is 0.416 e. The Bertz CT molecular complexity index is 1520. The summed E-state index contributed by atoms with van der Waals surface area (Å²) in [4.78, 5) is 25.2. The molecule has 0 radical (unpaired) electrons. The fourth-order valence-corrected chi connectivity index (χ4v) is 6.92. The molecule has 3 aromatic carbocycles. The smallest absolute Gasteiger partial charge is 0.336 e. The molecule has 1 aliphatic carbocycles. The second-order valence-corrected chi connectivity index (χ2v) is 12.6. The lowest BCUT2D eigenvalue weighted by atomic mass is 10.0. The van der Waals surface area contributed by atoms with Gasteiger partial charge in [-0.2, -0.15) is 13.2 Å². The number of carbonyl (C=O) groups excluding carboxylic acids is 1. The number of halogens is 4. The molecular weight excluding hydrogens is 612 g/mol. The van der Waals surface area contributed by atoms with Gasteiger partial charge in [0.1, 0.15) is 5.82 Å². The maximum absolute atomic E-state index is 14.1. The van der Waals surface area contributed by atoms with Crippen LogP contribution in [0, 0.1) is 5.82 Å². The van der Waals surface area contributed by atoms with E-state index in [0.717, 1.165) is 72.9 Å². The van der Waals surface area contributed by atoms with E-state index >= 15 is 0 Å². The molecule has 0 N–H and O–H groups in total. The van der Waals surface area contributed by atoms with Crippen molar-refractivity contribution in [2.75, 3.05) is 32.7 Å². The van der Waals surface area contributed by atoms with Crippen LogP contribution < -0.4 is 0 Å². The van der Waals surface area contributed by atoms with Crippen molar-refractivity contribution >= 4 is 22.8 Å². The van der Waals surface area contributed by atoms with Crippen molar-refractivity contribution in [3.8, 4) is 11.1 Å². The van der Waals surface area contributed by atoms with Gasteiger partial charge in [0, 0.05) is 31.6 Å². The molecule has 5 nitrogen and oxygen atoms in total. The largest absolute Gasteiger partial charge is 0.416 e. The number of carbonyl (C=O) groups is 1. The first kappa shape index (κ1) is 33.7. The molecule has 1 saturated carbocycles. The lowest BCUT2D eigenvalue weighted by molar-refractivity contribution is -0.137.